The Morgan fingerprint density at radius 3 is 2.50 bits per heavy atom. The molecule has 9 heteroatoms. The predicted octanol–water partition coefficient (Wildman–Crippen LogP) is 4.65. The summed E-state index contributed by atoms with van der Waals surface area (Å²) >= 11 is 0. The molecular formula is C23H18F3N5O. The number of nitrogens with zero attached hydrogens (tertiary/aromatic N) is 2. The molecule has 0 saturated heterocycles. The van der Waals surface area contributed by atoms with Gasteiger partial charge in [-0.2, -0.15) is 18.3 Å². The van der Waals surface area contributed by atoms with Gasteiger partial charge >= 0.3 is 6.18 Å². The summed E-state index contributed by atoms with van der Waals surface area (Å²) < 4.78 is 38.5. The van der Waals surface area contributed by atoms with E-state index in [2.05, 4.69) is 20.5 Å². The van der Waals surface area contributed by atoms with Crippen LogP contribution in [0.15, 0.2) is 60.9 Å². The number of benzene rings is 2. The number of amides is 1. The van der Waals surface area contributed by atoms with Gasteiger partial charge in [0, 0.05) is 22.8 Å². The molecular weight excluding hydrogens is 419 g/mol. The number of carbonyl (C=O) groups excluding carboxylic acids is 1. The van der Waals surface area contributed by atoms with Gasteiger partial charge in [0.2, 0.25) is 0 Å². The number of aromatic nitrogens is 3. The van der Waals surface area contributed by atoms with E-state index < -0.39 is 17.4 Å². The molecule has 4 aromatic rings. The van der Waals surface area contributed by atoms with E-state index in [1.165, 1.54) is 0 Å². The number of H-pyrrole nitrogens is 1. The number of carbonyl (C=O) groups is 1. The summed E-state index contributed by atoms with van der Waals surface area (Å²) in [5, 5.41) is 10.8. The smallest absolute Gasteiger partial charge is 0.398 e. The molecule has 1 saturated carbocycles. The Morgan fingerprint density at radius 1 is 1.09 bits per heavy atom. The lowest BCUT2D eigenvalue weighted by atomic mass is 9.98. The van der Waals surface area contributed by atoms with Crippen molar-refractivity contribution in [3.8, 4) is 11.1 Å². The van der Waals surface area contributed by atoms with Crippen LogP contribution in [0.5, 0.6) is 0 Å². The van der Waals surface area contributed by atoms with Gasteiger partial charge in [-0.1, -0.05) is 36.4 Å². The number of hydrogen-bond acceptors (Lipinski definition) is 4. The molecule has 5 rings (SSSR count). The lowest BCUT2D eigenvalue weighted by molar-refractivity contribution is -0.141. The van der Waals surface area contributed by atoms with Crippen LogP contribution in [0.4, 0.5) is 18.9 Å². The summed E-state index contributed by atoms with van der Waals surface area (Å²) in [6.45, 7) is 0. The molecule has 6 nitrogen and oxygen atoms in total. The van der Waals surface area contributed by atoms with Crippen molar-refractivity contribution in [1.82, 2.24) is 20.5 Å². The van der Waals surface area contributed by atoms with Crippen LogP contribution in [0.1, 0.15) is 34.5 Å². The number of hydrogen-bond donors (Lipinski definition) is 3. The van der Waals surface area contributed by atoms with Crippen molar-refractivity contribution in [2.75, 3.05) is 5.73 Å². The van der Waals surface area contributed by atoms with Crippen LogP contribution in [-0.2, 0) is 11.7 Å². The van der Waals surface area contributed by atoms with E-state index in [1.807, 2.05) is 24.3 Å². The zero-order chi connectivity index (χ0) is 22.5. The topological polar surface area (TPSA) is 96.7 Å². The van der Waals surface area contributed by atoms with Crippen molar-refractivity contribution >= 4 is 22.5 Å². The summed E-state index contributed by atoms with van der Waals surface area (Å²) in [5.41, 5.74) is 7.55. The first-order valence-corrected chi connectivity index (χ1v) is 9.95. The molecule has 4 N–H and O–H groups in total. The van der Waals surface area contributed by atoms with E-state index in [4.69, 9.17) is 5.73 Å². The largest absolute Gasteiger partial charge is 0.433 e. The number of fused-ring (bicyclic) bond motifs is 1. The zero-order valence-corrected chi connectivity index (χ0v) is 16.7. The minimum Gasteiger partial charge on any atom is -0.398 e. The van der Waals surface area contributed by atoms with E-state index >= 15 is 0 Å². The zero-order valence-electron chi connectivity index (χ0n) is 16.7. The third kappa shape index (κ3) is 3.45. The van der Waals surface area contributed by atoms with Crippen LogP contribution in [0.2, 0.25) is 0 Å². The summed E-state index contributed by atoms with van der Waals surface area (Å²) in [7, 11) is 0. The molecule has 1 fully saturated rings. The first-order valence-electron chi connectivity index (χ1n) is 9.95. The first kappa shape index (κ1) is 20.0. The van der Waals surface area contributed by atoms with Gasteiger partial charge in [0.15, 0.2) is 0 Å². The molecule has 0 atom stereocenters. The van der Waals surface area contributed by atoms with Gasteiger partial charge in [-0.3, -0.25) is 14.9 Å². The Labute approximate surface area is 180 Å². The number of rotatable bonds is 4. The minimum absolute atomic E-state index is 0.00200. The predicted molar refractivity (Wildman–Crippen MR) is 114 cm³/mol. The Morgan fingerprint density at radius 2 is 1.84 bits per heavy atom. The molecule has 2 heterocycles. The number of nitrogen functional groups attached to an aromatic ring is 1. The maximum Gasteiger partial charge on any atom is 0.433 e. The fourth-order valence-electron chi connectivity index (χ4n) is 3.89. The molecule has 0 aliphatic heterocycles. The molecule has 162 valence electrons. The highest BCUT2D eigenvalue weighted by Gasteiger charge is 2.46. The summed E-state index contributed by atoms with van der Waals surface area (Å²) in [6, 6.07) is 13.5. The highest BCUT2D eigenvalue weighted by atomic mass is 19.4. The standard InChI is InChI=1S/C23H18F3N5O/c24-23(25,26)19-10-18(27)17(12-28-19)13-4-6-15(7-5-13)22(8-9-22)30-21(32)16-3-1-2-14-11-29-31-20(14)16/h1-7,10-12H,8-9H2,(H2,27,28)(H,29,31)(H,30,32). The second-order valence-corrected chi connectivity index (χ2v) is 7.91. The Hall–Kier alpha value is -3.88. The molecule has 32 heavy (non-hydrogen) atoms. The van der Waals surface area contributed by atoms with Crippen LogP contribution in [0.3, 0.4) is 0 Å². The van der Waals surface area contributed by atoms with Gasteiger partial charge in [-0.05, 0) is 36.1 Å². The van der Waals surface area contributed by atoms with E-state index in [0.29, 0.717) is 22.2 Å². The van der Waals surface area contributed by atoms with Crippen molar-refractivity contribution in [2.24, 2.45) is 0 Å². The monoisotopic (exact) mass is 437 g/mol. The number of alkyl halides is 3. The Kier molecular flexibility index (Phi) is 4.44. The molecule has 1 aliphatic rings. The maximum absolute atomic E-state index is 13.0. The number of para-hydroxylation sites is 1. The molecule has 2 aromatic heterocycles. The van der Waals surface area contributed by atoms with Crippen molar-refractivity contribution in [2.45, 2.75) is 24.6 Å². The number of aromatic amines is 1. The fourth-order valence-corrected chi connectivity index (χ4v) is 3.89. The van der Waals surface area contributed by atoms with Crippen LogP contribution in [0, 0.1) is 0 Å². The number of nitrogens with one attached hydrogen (secondary N) is 2. The van der Waals surface area contributed by atoms with E-state index in [1.54, 1.807) is 24.4 Å². The number of anilines is 1. The van der Waals surface area contributed by atoms with Gasteiger partial charge in [-0.15, -0.1) is 0 Å². The van der Waals surface area contributed by atoms with Crippen LogP contribution < -0.4 is 11.1 Å². The average Bonchev–Trinajstić information content (AvgIpc) is 3.38. The highest BCUT2D eigenvalue weighted by Crippen LogP contribution is 2.46. The summed E-state index contributed by atoms with van der Waals surface area (Å²) in [6.07, 6.45) is -0.165. The van der Waals surface area contributed by atoms with Crippen molar-refractivity contribution < 1.29 is 18.0 Å². The van der Waals surface area contributed by atoms with E-state index in [9.17, 15) is 18.0 Å². The quantitative estimate of drug-likeness (QED) is 0.433. The molecule has 2 aromatic carbocycles. The Balaban J connectivity index is 1.38. The van der Waals surface area contributed by atoms with Crippen LogP contribution in [-0.4, -0.2) is 21.1 Å². The fraction of sp³-hybridized carbons (Fsp3) is 0.174. The number of pyridine rings is 1. The van der Waals surface area contributed by atoms with Gasteiger partial charge < -0.3 is 11.1 Å². The van der Waals surface area contributed by atoms with Crippen molar-refractivity contribution in [3.05, 3.63) is 77.7 Å². The summed E-state index contributed by atoms with van der Waals surface area (Å²) in [5.74, 6) is -0.197. The second-order valence-electron chi connectivity index (χ2n) is 7.91. The second kappa shape index (κ2) is 7.08. The van der Waals surface area contributed by atoms with Gasteiger partial charge in [-0.25, -0.2) is 0 Å². The van der Waals surface area contributed by atoms with Crippen LogP contribution >= 0.6 is 0 Å². The normalized spacial score (nSPS) is 15.0. The molecule has 0 bridgehead atoms. The SMILES string of the molecule is Nc1cc(C(F)(F)F)ncc1-c1ccc(C2(NC(=O)c3cccc4cn[nH]c34)CC2)cc1. The third-order valence-corrected chi connectivity index (χ3v) is 5.80. The van der Waals surface area contributed by atoms with Crippen LogP contribution in [0.25, 0.3) is 22.0 Å². The maximum atomic E-state index is 13.0. The Bertz CT molecular complexity index is 1320. The van der Waals surface area contributed by atoms with Gasteiger partial charge in [0.05, 0.1) is 22.8 Å². The van der Waals surface area contributed by atoms with Gasteiger partial charge in [0.25, 0.3) is 5.91 Å². The van der Waals surface area contributed by atoms with E-state index in [-0.39, 0.29) is 11.6 Å². The van der Waals surface area contributed by atoms with Gasteiger partial charge in [0.1, 0.15) is 5.69 Å². The van der Waals surface area contributed by atoms with Crippen molar-refractivity contribution in [1.29, 1.82) is 0 Å². The lowest BCUT2D eigenvalue weighted by Crippen LogP contribution is -2.35. The number of nitrogens with two attached hydrogens (primary N) is 1. The number of halogens is 3. The van der Waals surface area contributed by atoms with E-state index in [0.717, 1.165) is 36.1 Å². The average molecular weight is 437 g/mol. The summed E-state index contributed by atoms with van der Waals surface area (Å²) in [4.78, 5) is 16.4. The molecule has 1 amide bonds. The molecule has 1 aliphatic carbocycles. The third-order valence-electron chi connectivity index (χ3n) is 5.80. The first-order chi connectivity index (χ1) is 15.3. The lowest BCUT2D eigenvalue weighted by Gasteiger charge is -2.19. The highest BCUT2D eigenvalue weighted by molar-refractivity contribution is 6.05. The molecule has 0 radical (unpaired) electrons. The molecule has 0 spiro atoms. The van der Waals surface area contributed by atoms with Crippen molar-refractivity contribution in [3.63, 3.8) is 0 Å². The minimum atomic E-state index is -4.55. The molecule has 0 unspecified atom stereocenters.